The van der Waals surface area contributed by atoms with E-state index in [1.807, 2.05) is 6.92 Å². The van der Waals surface area contributed by atoms with E-state index < -0.39 is 0 Å². The number of amides is 3. The van der Waals surface area contributed by atoms with Crippen molar-refractivity contribution in [3.63, 3.8) is 0 Å². The Balaban J connectivity index is 0.00000484. The van der Waals surface area contributed by atoms with Crippen LogP contribution >= 0.6 is 12.4 Å². The Kier molecular flexibility index (Phi) is 10.6. The monoisotopic (exact) mass is 348 g/mol. The van der Waals surface area contributed by atoms with E-state index >= 15 is 0 Å². The molecule has 0 aromatic heterocycles. The Labute approximate surface area is 144 Å². The van der Waals surface area contributed by atoms with Crippen LogP contribution in [-0.4, -0.2) is 54.8 Å². The van der Waals surface area contributed by atoms with E-state index in [0.717, 1.165) is 25.7 Å². The number of nitrogens with two attached hydrogens (primary N) is 1. The van der Waals surface area contributed by atoms with E-state index in [1.54, 1.807) is 4.90 Å². The molecule has 4 N–H and O–H groups in total. The summed E-state index contributed by atoms with van der Waals surface area (Å²) in [5, 5.41) is 5.47. The minimum absolute atomic E-state index is 0. The summed E-state index contributed by atoms with van der Waals surface area (Å²) in [5.74, 6) is -0.666. The van der Waals surface area contributed by atoms with Gasteiger partial charge in [0.2, 0.25) is 17.7 Å². The van der Waals surface area contributed by atoms with Crippen LogP contribution in [-0.2, 0) is 14.4 Å². The van der Waals surface area contributed by atoms with Gasteiger partial charge < -0.3 is 21.3 Å². The standard InChI is InChI=1S/C15H28N4O3.ClH/c1-3-5-11(2)18-15(22)12-6-4-7-19(10-12)14(21)9-17-13(20)8-16;/h11-12H,3-10,16H2,1-2H3,(H,17,20)(H,18,22);1H. The van der Waals surface area contributed by atoms with Gasteiger partial charge in [0, 0.05) is 19.1 Å². The summed E-state index contributed by atoms with van der Waals surface area (Å²) in [4.78, 5) is 37.0. The first-order valence-electron chi connectivity index (χ1n) is 8.02. The summed E-state index contributed by atoms with van der Waals surface area (Å²) < 4.78 is 0. The van der Waals surface area contributed by atoms with Crippen LogP contribution in [0.25, 0.3) is 0 Å². The van der Waals surface area contributed by atoms with Crippen LogP contribution in [0.4, 0.5) is 0 Å². The number of halogens is 1. The number of carbonyl (C=O) groups is 3. The third-order valence-electron chi connectivity index (χ3n) is 3.88. The first kappa shape index (κ1) is 21.7. The Morgan fingerprint density at radius 1 is 1.35 bits per heavy atom. The first-order valence-corrected chi connectivity index (χ1v) is 8.02. The van der Waals surface area contributed by atoms with Crippen LogP contribution < -0.4 is 16.4 Å². The highest BCUT2D eigenvalue weighted by atomic mass is 35.5. The third-order valence-corrected chi connectivity index (χ3v) is 3.88. The molecule has 0 aromatic rings. The molecule has 1 aliphatic heterocycles. The summed E-state index contributed by atoms with van der Waals surface area (Å²) in [6, 6.07) is 0.160. The maximum Gasteiger partial charge on any atom is 0.241 e. The van der Waals surface area contributed by atoms with Gasteiger partial charge in [0.1, 0.15) is 0 Å². The highest BCUT2D eigenvalue weighted by Crippen LogP contribution is 2.17. The Morgan fingerprint density at radius 3 is 2.65 bits per heavy atom. The molecule has 7 nitrogen and oxygen atoms in total. The quantitative estimate of drug-likeness (QED) is 0.603. The van der Waals surface area contributed by atoms with E-state index in [2.05, 4.69) is 17.6 Å². The van der Waals surface area contributed by atoms with Gasteiger partial charge in [-0.15, -0.1) is 12.4 Å². The second-order valence-corrected chi connectivity index (χ2v) is 5.86. The number of likely N-dealkylation sites (tertiary alicyclic amines) is 1. The van der Waals surface area contributed by atoms with Crippen LogP contribution in [0.1, 0.15) is 39.5 Å². The molecule has 134 valence electrons. The van der Waals surface area contributed by atoms with Gasteiger partial charge in [0.15, 0.2) is 0 Å². The molecule has 1 heterocycles. The van der Waals surface area contributed by atoms with Crippen molar-refractivity contribution in [2.45, 2.75) is 45.6 Å². The van der Waals surface area contributed by atoms with Gasteiger partial charge >= 0.3 is 0 Å². The van der Waals surface area contributed by atoms with Crippen LogP contribution in [0.2, 0.25) is 0 Å². The molecule has 1 rings (SSSR count). The summed E-state index contributed by atoms with van der Waals surface area (Å²) in [6.07, 6.45) is 3.57. The molecule has 1 aliphatic rings. The lowest BCUT2D eigenvalue weighted by Gasteiger charge is -2.32. The SMILES string of the molecule is CCCC(C)NC(=O)C1CCCN(C(=O)CNC(=O)CN)C1.Cl. The van der Waals surface area contributed by atoms with Crippen LogP contribution in [0, 0.1) is 5.92 Å². The first-order chi connectivity index (χ1) is 10.5. The molecule has 0 bridgehead atoms. The average molecular weight is 349 g/mol. The summed E-state index contributed by atoms with van der Waals surface area (Å²) in [7, 11) is 0. The summed E-state index contributed by atoms with van der Waals surface area (Å²) in [6.45, 7) is 4.94. The van der Waals surface area contributed by atoms with Crippen molar-refractivity contribution in [3.8, 4) is 0 Å². The number of piperidine rings is 1. The maximum absolute atomic E-state index is 12.2. The summed E-state index contributed by atoms with van der Waals surface area (Å²) >= 11 is 0. The molecule has 3 amide bonds. The molecule has 2 atom stereocenters. The fourth-order valence-electron chi connectivity index (χ4n) is 2.64. The van der Waals surface area contributed by atoms with Crippen molar-refractivity contribution >= 4 is 30.1 Å². The van der Waals surface area contributed by atoms with Crippen molar-refractivity contribution in [2.75, 3.05) is 26.2 Å². The van der Waals surface area contributed by atoms with E-state index in [1.165, 1.54) is 0 Å². The molecule has 8 heteroatoms. The Hall–Kier alpha value is -1.34. The van der Waals surface area contributed by atoms with Crippen molar-refractivity contribution < 1.29 is 14.4 Å². The smallest absolute Gasteiger partial charge is 0.241 e. The van der Waals surface area contributed by atoms with E-state index in [-0.39, 0.29) is 55.2 Å². The molecule has 0 aromatic carbocycles. The van der Waals surface area contributed by atoms with Gasteiger partial charge in [-0.05, 0) is 26.2 Å². The predicted molar refractivity (Wildman–Crippen MR) is 91.1 cm³/mol. The van der Waals surface area contributed by atoms with Crippen LogP contribution in [0.5, 0.6) is 0 Å². The predicted octanol–water partition coefficient (Wildman–Crippen LogP) is 0.0265. The number of hydrogen-bond acceptors (Lipinski definition) is 4. The number of carbonyl (C=O) groups excluding carboxylic acids is 3. The van der Waals surface area contributed by atoms with Crippen LogP contribution in [0.3, 0.4) is 0 Å². The number of rotatable bonds is 7. The molecule has 1 fully saturated rings. The molecular weight excluding hydrogens is 320 g/mol. The maximum atomic E-state index is 12.2. The number of nitrogens with zero attached hydrogens (tertiary/aromatic N) is 1. The topological polar surface area (TPSA) is 105 Å². The second kappa shape index (κ2) is 11.2. The highest BCUT2D eigenvalue weighted by molar-refractivity contribution is 5.86. The average Bonchev–Trinajstić information content (AvgIpc) is 2.52. The lowest BCUT2D eigenvalue weighted by atomic mass is 9.96. The fourth-order valence-corrected chi connectivity index (χ4v) is 2.64. The van der Waals surface area contributed by atoms with Gasteiger partial charge in [-0.2, -0.15) is 0 Å². The number of hydrogen-bond donors (Lipinski definition) is 3. The van der Waals surface area contributed by atoms with E-state index in [9.17, 15) is 14.4 Å². The zero-order valence-electron chi connectivity index (χ0n) is 14.0. The van der Waals surface area contributed by atoms with Crippen molar-refractivity contribution in [2.24, 2.45) is 11.7 Å². The molecule has 23 heavy (non-hydrogen) atoms. The zero-order chi connectivity index (χ0) is 16.5. The van der Waals surface area contributed by atoms with Gasteiger partial charge in [0.25, 0.3) is 0 Å². The lowest BCUT2D eigenvalue weighted by Crippen LogP contribution is -2.49. The number of nitrogens with one attached hydrogen (secondary N) is 2. The van der Waals surface area contributed by atoms with Gasteiger partial charge in [-0.25, -0.2) is 0 Å². The molecule has 1 saturated heterocycles. The Morgan fingerprint density at radius 2 is 2.04 bits per heavy atom. The highest BCUT2D eigenvalue weighted by Gasteiger charge is 2.28. The van der Waals surface area contributed by atoms with E-state index in [4.69, 9.17) is 5.73 Å². The lowest BCUT2D eigenvalue weighted by molar-refractivity contribution is -0.136. The minimum Gasteiger partial charge on any atom is -0.353 e. The second-order valence-electron chi connectivity index (χ2n) is 5.86. The normalized spacial score (nSPS) is 18.6. The molecule has 0 radical (unpaired) electrons. The van der Waals surface area contributed by atoms with Crippen LogP contribution in [0.15, 0.2) is 0 Å². The molecular formula is C15H29ClN4O3. The largest absolute Gasteiger partial charge is 0.353 e. The van der Waals surface area contributed by atoms with Crippen molar-refractivity contribution in [1.29, 1.82) is 0 Å². The van der Waals surface area contributed by atoms with Gasteiger partial charge in [-0.1, -0.05) is 13.3 Å². The van der Waals surface area contributed by atoms with Gasteiger partial charge in [0.05, 0.1) is 19.0 Å². The minimum atomic E-state index is -0.354. The molecule has 2 unspecified atom stereocenters. The van der Waals surface area contributed by atoms with Crippen molar-refractivity contribution in [3.05, 3.63) is 0 Å². The fraction of sp³-hybridized carbons (Fsp3) is 0.800. The van der Waals surface area contributed by atoms with Gasteiger partial charge in [-0.3, -0.25) is 14.4 Å². The van der Waals surface area contributed by atoms with Crippen molar-refractivity contribution in [1.82, 2.24) is 15.5 Å². The third kappa shape index (κ3) is 7.65. The summed E-state index contributed by atoms with van der Waals surface area (Å²) in [5.41, 5.74) is 5.18. The zero-order valence-corrected chi connectivity index (χ0v) is 14.8. The molecule has 0 aliphatic carbocycles. The van der Waals surface area contributed by atoms with E-state index in [0.29, 0.717) is 13.1 Å². The Bertz CT molecular complexity index is 406. The molecule has 0 spiro atoms. The molecule has 0 saturated carbocycles.